The molecule has 0 aliphatic heterocycles. The maximum absolute atomic E-state index is 10.7. The summed E-state index contributed by atoms with van der Waals surface area (Å²) >= 11 is 0. The fourth-order valence-corrected chi connectivity index (χ4v) is 2.60. The molecule has 0 saturated heterocycles. The molecule has 92 valence electrons. The van der Waals surface area contributed by atoms with Crippen molar-refractivity contribution in [2.45, 2.75) is 0 Å². The topological polar surface area (TPSA) is 109 Å². The van der Waals surface area contributed by atoms with Crippen LogP contribution in [0.4, 0.5) is 0 Å². The van der Waals surface area contributed by atoms with Crippen molar-refractivity contribution in [2.24, 2.45) is 0 Å². The van der Waals surface area contributed by atoms with Crippen molar-refractivity contribution in [3.05, 3.63) is 40.1 Å². The van der Waals surface area contributed by atoms with Gasteiger partial charge in [0.05, 0.1) is 0 Å². The van der Waals surface area contributed by atoms with Crippen LogP contribution in [0, 0.1) is 0 Å². The summed E-state index contributed by atoms with van der Waals surface area (Å²) < 4.78 is 58.7. The maximum atomic E-state index is 10.7. The molecule has 0 saturated carbocycles. The van der Waals surface area contributed by atoms with Gasteiger partial charge in [0.15, 0.2) is 0 Å². The number of benzene rings is 1. The fraction of sp³-hybridized carbons (Fsp3) is 0. The molecule has 1 aromatic carbocycles. The molecule has 1 rings (SSSR count). The van der Waals surface area contributed by atoms with Crippen LogP contribution < -0.4 is 0 Å². The molecule has 0 aliphatic rings. The van der Waals surface area contributed by atoms with Gasteiger partial charge in [-0.1, -0.05) is 30.3 Å². The molecule has 0 aliphatic carbocycles. The van der Waals surface area contributed by atoms with E-state index >= 15 is 0 Å². The van der Waals surface area contributed by atoms with Gasteiger partial charge in [-0.2, -0.15) is 16.8 Å². The molecular formula is C8H10K2O6S2. The van der Waals surface area contributed by atoms with Gasteiger partial charge in [0.2, 0.25) is 4.24 Å². The Labute approximate surface area is 191 Å². The van der Waals surface area contributed by atoms with Crippen LogP contribution in [0.25, 0.3) is 6.08 Å². The molecule has 0 atom stereocenters. The van der Waals surface area contributed by atoms with Gasteiger partial charge >= 0.3 is 123 Å². The van der Waals surface area contributed by atoms with E-state index in [9.17, 15) is 16.8 Å². The van der Waals surface area contributed by atoms with Crippen LogP contribution in [0.5, 0.6) is 0 Å². The first kappa shape index (κ1) is 22.3. The zero-order valence-electron chi connectivity index (χ0n) is 7.81. The normalized spacial score (nSPS) is 10.8. The molecule has 0 bridgehead atoms. The first-order valence-corrected chi connectivity index (χ1v) is 6.81. The van der Waals surface area contributed by atoms with Crippen molar-refractivity contribution in [2.75, 3.05) is 0 Å². The van der Waals surface area contributed by atoms with Gasteiger partial charge in [0, 0.05) is 0 Å². The minimum absolute atomic E-state index is 0. The first-order chi connectivity index (χ1) is 7.21. The summed E-state index contributed by atoms with van der Waals surface area (Å²) in [7, 11) is -10.00. The standard InChI is InChI=1S/C8H8O6S2.2K.2H/c9-15(10,11)8(16(12,13)14)6-7-4-2-1-3-5-7;;;;/h1-6H,(H,9,10,11)(H,12,13,14);;;;. The number of hydrogen-bond acceptors (Lipinski definition) is 4. The Bertz CT molecular complexity index is 572. The molecule has 0 unspecified atom stereocenters. The van der Waals surface area contributed by atoms with E-state index in [1.54, 1.807) is 6.07 Å². The first-order valence-electron chi connectivity index (χ1n) is 3.93. The third-order valence-electron chi connectivity index (χ3n) is 1.59. The van der Waals surface area contributed by atoms with Crippen molar-refractivity contribution in [1.82, 2.24) is 0 Å². The molecule has 0 aromatic heterocycles. The van der Waals surface area contributed by atoms with E-state index in [-0.39, 0.29) is 108 Å². The summed E-state index contributed by atoms with van der Waals surface area (Å²) in [5, 5.41) is 0. The van der Waals surface area contributed by atoms with E-state index in [0.717, 1.165) is 0 Å². The second-order valence-electron chi connectivity index (χ2n) is 2.82. The SMILES string of the molecule is O=S(=O)(O)C(=Cc1ccccc1)S(=O)(=O)O.[KH].[KH]. The number of hydrogen-bond donors (Lipinski definition) is 2. The van der Waals surface area contributed by atoms with Crippen molar-refractivity contribution in [1.29, 1.82) is 0 Å². The van der Waals surface area contributed by atoms with E-state index in [1.807, 2.05) is 0 Å². The molecule has 2 N–H and O–H groups in total. The number of rotatable bonds is 3. The molecule has 18 heavy (non-hydrogen) atoms. The van der Waals surface area contributed by atoms with Gasteiger partial charge < -0.3 is 0 Å². The Balaban J connectivity index is 0. The van der Waals surface area contributed by atoms with Gasteiger partial charge in [-0.15, -0.1) is 0 Å². The zero-order valence-corrected chi connectivity index (χ0v) is 9.44. The Morgan fingerprint density at radius 2 is 1.28 bits per heavy atom. The molecule has 0 heterocycles. The van der Waals surface area contributed by atoms with Crippen LogP contribution >= 0.6 is 0 Å². The summed E-state index contributed by atoms with van der Waals surface area (Å²) in [5.74, 6) is 0. The zero-order chi connectivity index (χ0) is 12.4. The Kier molecular flexibility index (Phi) is 11.4. The van der Waals surface area contributed by atoms with E-state index in [4.69, 9.17) is 9.11 Å². The molecule has 0 amide bonds. The molecule has 10 heteroatoms. The molecule has 0 spiro atoms. The second kappa shape index (κ2) is 9.15. The third kappa shape index (κ3) is 7.73. The van der Waals surface area contributed by atoms with E-state index in [2.05, 4.69) is 0 Å². The van der Waals surface area contributed by atoms with Crippen molar-refractivity contribution < 1.29 is 25.9 Å². The average molecular weight is 344 g/mol. The summed E-state index contributed by atoms with van der Waals surface area (Å²) in [5.41, 5.74) is 0.216. The van der Waals surface area contributed by atoms with Gasteiger partial charge in [0.1, 0.15) is 0 Å². The molecule has 0 fully saturated rings. The predicted molar refractivity (Wildman–Crippen MR) is 71.8 cm³/mol. The van der Waals surface area contributed by atoms with E-state index < -0.39 is 24.5 Å². The third-order valence-corrected chi connectivity index (χ3v) is 4.11. The Morgan fingerprint density at radius 3 is 1.61 bits per heavy atom. The van der Waals surface area contributed by atoms with Crippen LogP contribution in [0.1, 0.15) is 5.56 Å². The second-order valence-corrected chi connectivity index (χ2v) is 5.86. The van der Waals surface area contributed by atoms with Crippen LogP contribution in [-0.2, 0) is 20.2 Å². The van der Waals surface area contributed by atoms with Crippen LogP contribution in [0.2, 0.25) is 0 Å². The van der Waals surface area contributed by atoms with Gasteiger partial charge in [-0.25, -0.2) is 0 Å². The van der Waals surface area contributed by atoms with Crippen molar-refractivity contribution >= 4 is 129 Å². The fourth-order valence-electron chi connectivity index (χ4n) is 0.967. The molecule has 1 aromatic rings. The quantitative estimate of drug-likeness (QED) is 0.563. The Hall–Kier alpha value is 2.05. The predicted octanol–water partition coefficient (Wildman–Crippen LogP) is -0.536. The monoisotopic (exact) mass is 344 g/mol. The Morgan fingerprint density at radius 1 is 0.889 bits per heavy atom. The summed E-state index contributed by atoms with van der Waals surface area (Å²) in [6.45, 7) is 0. The van der Waals surface area contributed by atoms with E-state index in [1.165, 1.54) is 24.3 Å². The van der Waals surface area contributed by atoms with Crippen LogP contribution in [0.15, 0.2) is 34.6 Å². The van der Waals surface area contributed by atoms with Crippen molar-refractivity contribution in [3.8, 4) is 0 Å². The van der Waals surface area contributed by atoms with Gasteiger partial charge in [-0.3, -0.25) is 9.11 Å². The minimum atomic E-state index is -5.00. The summed E-state index contributed by atoms with van der Waals surface area (Å²) in [6.07, 6.45) is 0.657. The molecular weight excluding hydrogens is 334 g/mol. The van der Waals surface area contributed by atoms with Crippen molar-refractivity contribution in [3.63, 3.8) is 0 Å². The summed E-state index contributed by atoms with van der Waals surface area (Å²) in [6, 6.07) is 7.54. The molecule has 6 nitrogen and oxygen atoms in total. The molecule has 0 radical (unpaired) electrons. The van der Waals surface area contributed by atoms with Crippen LogP contribution in [0.3, 0.4) is 0 Å². The summed E-state index contributed by atoms with van der Waals surface area (Å²) in [4.78, 5) is 0. The van der Waals surface area contributed by atoms with E-state index in [0.29, 0.717) is 6.08 Å². The average Bonchev–Trinajstić information content (AvgIpc) is 2.12. The van der Waals surface area contributed by atoms with Crippen LogP contribution in [-0.4, -0.2) is 129 Å². The van der Waals surface area contributed by atoms with Gasteiger partial charge in [0.25, 0.3) is 0 Å². The van der Waals surface area contributed by atoms with Gasteiger partial charge in [-0.05, 0) is 11.6 Å².